The van der Waals surface area contributed by atoms with Gasteiger partial charge in [-0.2, -0.15) is 12.6 Å². The van der Waals surface area contributed by atoms with Gasteiger partial charge >= 0.3 is 0 Å². The highest BCUT2D eigenvalue weighted by molar-refractivity contribution is 7.81. The van der Waals surface area contributed by atoms with Gasteiger partial charge in [-0.3, -0.25) is 9.59 Å². The lowest BCUT2D eigenvalue weighted by Crippen LogP contribution is -2.51. The third kappa shape index (κ3) is 2.41. The van der Waals surface area contributed by atoms with Gasteiger partial charge in [0, 0.05) is 13.6 Å². The standard InChI is InChI=1S/C9H16N2O2S/c1-10-9(13)7-4-2-3-5-11(7)8(12)6-14/h7,14H,2-6H2,1H3,(H,10,13). The van der Waals surface area contributed by atoms with Crippen LogP contribution in [0.1, 0.15) is 19.3 Å². The maximum absolute atomic E-state index is 11.5. The molecule has 0 aromatic rings. The van der Waals surface area contributed by atoms with Crippen molar-refractivity contribution in [2.24, 2.45) is 0 Å². The molecule has 80 valence electrons. The van der Waals surface area contributed by atoms with Crippen LogP contribution in [-0.4, -0.2) is 42.1 Å². The van der Waals surface area contributed by atoms with Crippen LogP contribution in [0.2, 0.25) is 0 Å². The number of carbonyl (C=O) groups excluding carboxylic acids is 2. The SMILES string of the molecule is CNC(=O)C1CCCCN1C(=O)CS. The Morgan fingerprint density at radius 3 is 2.79 bits per heavy atom. The fourth-order valence-corrected chi connectivity index (χ4v) is 1.94. The summed E-state index contributed by atoms with van der Waals surface area (Å²) < 4.78 is 0. The first kappa shape index (κ1) is 11.4. The minimum atomic E-state index is -0.284. The topological polar surface area (TPSA) is 49.4 Å². The number of amides is 2. The van der Waals surface area contributed by atoms with Crippen LogP contribution >= 0.6 is 12.6 Å². The number of likely N-dealkylation sites (N-methyl/N-ethyl adjacent to an activating group) is 1. The first-order chi connectivity index (χ1) is 6.70. The number of hydrogen-bond acceptors (Lipinski definition) is 3. The molecule has 1 rings (SSSR count). The quantitative estimate of drug-likeness (QED) is 0.641. The van der Waals surface area contributed by atoms with Crippen LogP contribution in [0.25, 0.3) is 0 Å². The largest absolute Gasteiger partial charge is 0.357 e. The number of nitrogens with one attached hydrogen (secondary N) is 1. The molecule has 0 bridgehead atoms. The van der Waals surface area contributed by atoms with Crippen molar-refractivity contribution in [1.29, 1.82) is 0 Å². The Morgan fingerprint density at radius 1 is 1.50 bits per heavy atom. The van der Waals surface area contributed by atoms with Crippen LogP contribution in [0.4, 0.5) is 0 Å². The summed E-state index contributed by atoms with van der Waals surface area (Å²) in [5.74, 6) is 0.0505. The molecular formula is C9H16N2O2S. The minimum Gasteiger partial charge on any atom is -0.357 e. The highest BCUT2D eigenvalue weighted by Crippen LogP contribution is 2.17. The van der Waals surface area contributed by atoms with E-state index in [2.05, 4.69) is 17.9 Å². The summed E-state index contributed by atoms with van der Waals surface area (Å²) in [4.78, 5) is 24.6. The molecule has 4 nitrogen and oxygen atoms in total. The minimum absolute atomic E-state index is 0.0540. The number of rotatable bonds is 2. The van der Waals surface area contributed by atoms with Crippen LogP contribution in [0, 0.1) is 0 Å². The molecule has 1 saturated heterocycles. The van der Waals surface area contributed by atoms with E-state index >= 15 is 0 Å². The first-order valence-corrected chi connectivity index (χ1v) is 5.46. The van der Waals surface area contributed by atoms with Crippen LogP contribution in [0.15, 0.2) is 0 Å². The zero-order valence-electron chi connectivity index (χ0n) is 8.32. The second-order valence-corrected chi connectivity index (χ2v) is 3.69. The van der Waals surface area contributed by atoms with Crippen molar-refractivity contribution in [3.05, 3.63) is 0 Å². The Hall–Kier alpha value is -0.710. The van der Waals surface area contributed by atoms with Gasteiger partial charge in [0.2, 0.25) is 11.8 Å². The summed E-state index contributed by atoms with van der Waals surface area (Å²) in [5.41, 5.74) is 0. The molecule has 0 spiro atoms. The number of likely N-dealkylation sites (tertiary alicyclic amines) is 1. The van der Waals surface area contributed by atoms with E-state index in [1.54, 1.807) is 11.9 Å². The maximum atomic E-state index is 11.5. The molecule has 1 aliphatic rings. The van der Waals surface area contributed by atoms with Gasteiger partial charge in [0.05, 0.1) is 5.75 Å². The van der Waals surface area contributed by atoms with Crippen molar-refractivity contribution in [3.8, 4) is 0 Å². The van der Waals surface area contributed by atoms with Gasteiger partial charge in [-0.05, 0) is 19.3 Å². The van der Waals surface area contributed by atoms with Gasteiger partial charge in [0.25, 0.3) is 0 Å². The number of thiol groups is 1. The molecule has 1 atom stereocenters. The summed E-state index contributed by atoms with van der Waals surface area (Å²) in [5, 5.41) is 2.59. The van der Waals surface area contributed by atoms with Crippen LogP contribution in [-0.2, 0) is 9.59 Å². The molecule has 0 saturated carbocycles. The van der Waals surface area contributed by atoms with E-state index in [9.17, 15) is 9.59 Å². The average molecular weight is 216 g/mol. The molecule has 14 heavy (non-hydrogen) atoms. The third-order valence-corrected chi connectivity index (χ3v) is 2.78. The van der Waals surface area contributed by atoms with Crippen molar-refractivity contribution in [3.63, 3.8) is 0 Å². The summed E-state index contributed by atoms with van der Waals surface area (Å²) in [6.07, 6.45) is 2.75. The van der Waals surface area contributed by atoms with E-state index in [-0.39, 0.29) is 23.6 Å². The normalized spacial score (nSPS) is 21.9. The Kier molecular flexibility index (Phi) is 4.25. The van der Waals surface area contributed by atoms with Crippen molar-refractivity contribution in [2.75, 3.05) is 19.3 Å². The molecule has 1 unspecified atom stereocenters. The molecule has 0 aliphatic carbocycles. The highest BCUT2D eigenvalue weighted by atomic mass is 32.1. The van der Waals surface area contributed by atoms with Crippen molar-refractivity contribution < 1.29 is 9.59 Å². The van der Waals surface area contributed by atoms with E-state index in [0.29, 0.717) is 6.54 Å². The number of hydrogen-bond donors (Lipinski definition) is 2. The zero-order chi connectivity index (χ0) is 10.6. The Labute approximate surface area is 89.4 Å². The lowest BCUT2D eigenvalue weighted by atomic mass is 10.0. The van der Waals surface area contributed by atoms with Crippen LogP contribution in [0.5, 0.6) is 0 Å². The van der Waals surface area contributed by atoms with Gasteiger partial charge in [0.1, 0.15) is 6.04 Å². The molecule has 1 heterocycles. The van der Waals surface area contributed by atoms with E-state index in [1.165, 1.54) is 0 Å². The molecule has 0 aromatic heterocycles. The molecule has 1 aliphatic heterocycles. The molecule has 1 N–H and O–H groups in total. The third-order valence-electron chi connectivity index (χ3n) is 2.51. The Bertz CT molecular complexity index is 209. The summed E-state index contributed by atoms with van der Waals surface area (Å²) in [7, 11) is 1.60. The van der Waals surface area contributed by atoms with Crippen LogP contribution < -0.4 is 5.32 Å². The lowest BCUT2D eigenvalue weighted by Gasteiger charge is -2.34. The predicted molar refractivity (Wildman–Crippen MR) is 57.3 cm³/mol. The van der Waals surface area contributed by atoms with Gasteiger partial charge in [0.15, 0.2) is 0 Å². The number of piperidine rings is 1. The van der Waals surface area contributed by atoms with Gasteiger partial charge in [-0.1, -0.05) is 0 Å². The Balaban J connectivity index is 2.68. The van der Waals surface area contributed by atoms with Gasteiger partial charge < -0.3 is 10.2 Å². The van der Waals surface area contributed by atoms with Crippen molar-refractivity contribution in [1.82, 2.24) is 10.2 Å². The monoisotopic (exact) mass is 216 g/mol. The summed E-state index contributed by atoms with van der Waals surface area (Å²) >= 11 is 3.94. The molecule has 5 heteroatoms. The van der Waals surface area contributed by atoms with E-state index in [0.717, 1.165) is 19.3 Å². The Morgan fingerprint density at radius 2 is 2.21 bits per heavy atom. The average Bonchev–Trinajstić information content (AvgIpc) is 2.27. The lowest BCUT2D eigenvalue weighted by molar-refractivity contribution is -0.140. The van der Waals surface area contributed by atoms with E-state index in [4.69, 9.17) is 0 Å². The zero-order valence-corrected chi connectivity index (χ0v) is 9.22. The fraction of sp³-hybridized carbons (Fsp3) is 0.778. The fourth-order valence-electron chi connectivity index (χ4n) is 1.76. The predicted octanol–water partition coefficient (Wildman–Crippen LogP) is 0.0433. The molecule has 0 aromatic carbocycles. The summed E-state index contributed by atoms with van der Waals surface area (Å²) in [6.45, 7) is 0.678. The first-order valence-electron chi connectivity index (χ1n) is 4.82. The molecule has 2 amide bonds. The number of nitrogens with zero attached hydrogens (tertiary/aromatic N) is 1. The maximum Gasteiger partial charge on any atom is 0.242 e. The second kappa shape index (κ2) is 5.24. The molecule has 1 fully saturated rings. The van der Waals surface area contributed by atoms with Gasteiger partial charge in [-0.25, -0.2) is 0 Å². The summed E-state index contributed by atoms with van der Waals surface area (Å²) in [6, 6.07) is -0.284. The second-order valence-electron chi connectivity index (χ2n) is 3.37. The molecular weight excluding hydrogens is 200 g/mol. The smallest absolute Gasteiger partial charge is 0.242 e. The van der Waals surface area contributed by atoms with Crippen LogP contribution in [0.3, 0.4) is 0 Å². The number of carbonyl (C=O) groups is 2. The van der Waals surface area contributed by atoms with E-state index < -0.39 is 0 Å². The highest BCUT2D eigenvalue weighted by Gasteiger charge is 2.30. The van der Waals surface area contributed by atoms with Crippen molar-refractivity contribution in [2.45, 2.75) is 25.3 Å². The van der Waals surface area contributed by atoms with Crippen molar-refractivity contribution >= 4 is 24.4 Å². The van der Waals surface area contributed by atoms with E-state index in [1.807, 2.05) is 0 Å². The molecule has 0 radical (unpaired) electrons. The van der Waals surface area contributed by atoms with Gasteiger partial charge in [-0.15, -0.1) is 0 Å².